The zero-order valence-electron chi connectivity index (χ0n) is 16.2. The van der Waals surface area contributed by atoms with Crippen molar-refractivity contribution in [2.75, 3.05) is 20.0 Å². The van der Waals surface area contributed by atoms with Crippen LogP contribution in [-0.2, 0) is 31.0 Å². The van der Waals surface area contributed by atoms with Gasteiger partial charge in [-0.25, -0.2) is 20.8 Å². The number of aryl methyl sites for hydroxylation is 1. The van der Waals surface area contributed by atoms with E-state index in [4.69, 9.17) is 9.47 Å². The molecule has 2 aromatic carbocycles. The highest BCUT2D eigenvalue weighted by molar-refractivity contribution is 7.92. The lowest BCUT2D eigenvalue weighted by Gasteiger charge is -2.12. The number of hydrogen-bond acceptors (Lipinski definition) is 6. The van der Waals surface area contributed by atoms with Crippen LogP contribution in [0.2, 0.25) is 0 Å². The summed E-state index contributed by atoms with van der Waals surface area (Å²) in [4.78, 5) is 0.0448. The first-order valence-corrected chi connectivity index (χ1v) is 12.3. The average molecular weight is 436 g/mol. The summed E-state index contributed by atoms with van der Waals surface area (Å²) >= 11 is 0. The van der Waals surface area contributed by atoms with E-state index in [1.165, 1.54) is 25.4 Å². The third-order valence-corrected chi connectivity index (χ3v) is 7.80. The fourth-order valence-electron chi connectivity index (χ4n) is 3.45. The Bertz CT molecular complexity index is 1300. The number of aromatic nitrogens is 1. The Kier molecular flexibility index (Phi) is 4.71. The number of benzene rings is 2. The quantitative estimate of drug-likeness (QED) is 0.552. The number of nitrogens with zero attached hydrogens (tertiary/aromatic N) is 1. The number of sulfone groups is 1. The SMILES string of the molecule is COc1ccc2c(c(S(=O)(=O)c3ccc(C)cc3)cn2S(C)(=O)=O)c1CC1CO1. The fraction of sp³-hybridized carbons (Fsp3) is 0.300. The maximum absolute atomic E-state index is 13.5. The van der Waals surface area contributed by atoms with Crippen molar-refractivity contribution in [1.29, 1.82) is 0 Å². The van der Waals surface area contributed by atoms with Gasteiger partial charge in [-0.1, -0.05) is 17.7 Å². The van der Waals surface area contributed by atoms with E-state index in [1.54, 1.807) is 24.3 Å². The standard InChI is InChI=1S/C20H21NO6S2/c1-13-4-6-15(7-5-13)29(24,25)19-11-21(28(3,22)23)17-8-9-18(26-2)16(20(17)19)10-14-12-27-14/h4-9,11,14H,10,12H2,1-3H3. The molecule has 0 amide bonds. The van der Waals surface area contributed by atoms with Gasteiger partial charge in [0.05, 0.1) is 41.4 Å². The molecule has 1 aromatic heterocycles. The normalized spacial score (nSPS) is 16.9. The third-order valence-electron chi connectivity index (χ3n) is 5.00. The second kappa shape index (κ2) is 6.86. The van der Waals surface area contributed by atoms with Crippen LogP contribution in [0.5, 0.6) is 5.75 Å². The minimum atomic E-state index is -3.97. The largest absolute Gasteiger partial charge is 0.496 e. The van der Waals surface area contributed by atoms with Gasteiger partial charge < -0.3 is 9.47 Å². The Morgan fingerprint density at radius 2 is 1.76 bits per heavy atom. The predicted octanol–water partition coefficient (Wildman–Crippen LogP) is 2.54. The molecule has 0 spiro atoms. The first-order valence-electron chi connectivity index (χ1n) is 8.98. The molecule has 1 aliphatic rings. The summed E-state index contributed by atoms with van der Waals surface area (Å²) in [6, 6.07) is 9.70. The van der Waals surface area contributed by atoms with E-state index < -0.39 is 19.9 Å². The van der Waals surface area contributed by atoms with Crippen LogP contribution >= 0.6 is 0 Å². The highest BCUT2D eigenvalue weighted by atomic mass is 32.2. The van der Waals surface area contributed by atoms with Crippen molar-refractivity contribution in [3.63, 3.8) is 0 Å². The van der Waals surface area contributed by atoms with E-state index in [0.29, 0.717) is 35.2 Å². The van der Waals surface area contributed by atoms with Crippen molar-refractivity contribution in [2.24, 2.45) is 0 Å². The molecule has 4 rings (SSSR count). The number of methoxy groups -OCH3 is 1. The van der Waals surface area contributed by atoms with Crippen LogP contribution in [0.1, 0.15) is 11.1 Å². The summed E-state index contributed by atoms with van der Waals surface area (Å²) in [6.07, 6.45) is 2.63. The Labute approximate surface area is 169 Å². The minimum absolute atomic E-state index is 0.0361. The summed E-state index contributed by atoms with van der Waals surface area (Å²) < 4.78 is 63.5. The molecule has 0 N–H and O–H groups in total. The molecule has 0 aliphatic carbocycles. The first-order chi connectivity index (χ1) is 13.6. The van der Waals surface area contributed by atoms with Gasteiger partial charge in [0.25, 0.3) is 0 Å². The number of rotatable bonds is 6. The molecule has 1 aliphatic heterocycles. The van der Waals surface area contributed by atoms with Crippen LogP contribution in [0, 0.1) is 6.92 Å². The third kappa shape index (κ3) is 3.54. The van der Waals surface area contributed by atoms with Gasteiger partial charge in [0.15, 0.2) is 0 Å². The summed E-state index contributed by atoms with van der Waals surface area (Å²) in [6.45, 7) is 2.44. The molecule has 7 nitrogen and oxygen atoms in total. The summed E-state index contributed by atoms with van der Waals surface area (Å²) in [5.41, 5.74) is 1.85. The van der Waals surface area contributed by atoms with Gasteiger partial charge in [-0.3, -0.25) is 0 Å². The van der Waals surface area contributed by atoms with Crippen LogP contribution in [0.3, 0.4) is 0 Å². The number of fused-ring (bicyclic) bond motifs is 1. The molecule has 2 heterocycles. The van der Waals surface area contributed by atoms with Gasteiger partial charge in [-0.2, -0.15) is 0 Å². The van der Waals surface area contributed by atoms with Crippen molar-refractivity contribution in [2.45, 2.75) is 29.2 Å². The molecule has 0 bridgehead atoms. The second-order valence-corrected chi connectivity index (χ2v) is 10.9. The van der Waals surface area contributed by atoms with E-state index in [-0.39, 0.29) is 15.9 Å². The predicted molar refractivity (Wildman–Crippen MR) is 109 cm³/mol. The molecule has 0 saturated carbocycles. The summed E-state index contributed by atoms with van der Waals surface area (Å²) in [5, 5.41) is 0.353. The van der Waals surface area contributed by atoms with Crippen molar-refractivity contribution < 1.29 is 26.3 Å². The minimum Gasteiger partial charge on any atom is -0.496 e. The Morgan fingerprint density at radius 1 is 1.10 bits per heavy atom. The Balaban J connectivity index is 2.08. The average Bonchev–Trinajstić information content (AvgIpc) is 3.37. The van der Waals surface area contributed by atoms with Crippen LogP contribution in [0.4, 0.5) is 0 Å². The van der Waals surface area contributed by atoms with Crippen molar-refractivity contribution >= 4 is 30.8 Å². The van der Waals surface area contributed by atoms with E-state index in [1.807, 2.05) is 6.92 Å². The zero-order valence-corrected chi connectivity index (χ0v) is 17.9. The van der Waals surface area contributed by atoms with Crippen LogP contribution in [0.15, 0.2) is 52.4 Å². The first kappa shape index (κ1) is 19.9. The highest BCUT2D eigenvalue weighted by Crippen LogP contribution is 2.39. The van der Waals surface area contributed by atoms with Crippen molar-refractivity contribution in [1.82, 2.24) is 3.97 Å². The fourth-order valence-corrected chi connectivity index (χ4v) is 5.81. The number of epoxide rings is 1. The smallest absolute Gasteiger partial charge is 0.236 e. The second-order valence-electron chi connectivity index (χ2n) is 7.17. The van der Waals surface area contributed by atoms with Gasteiger partial charge in [-0.15, -0.1) is 0 Å². The summed E-state index contributed by atoms with van der Waals surface area (Å²) in [5.74, 6) is 0.500. The number of ether oxygens (including phenoxy) is 2. The molecule has 3 aromatic rings. The summed E-state index contributed by atoms with van der Waals surface area (Å²) in [7, 11) is -6.19. The van der Waals surface area contributed by atoms with Gasteiger partial charge in [-0.05, 0) is 31.2 Å². The molecular formula is C20H21NO6S2. The lowest BCUT2D eigenvalue weighted by molar-refractivity contribution is 0.391. The maximum atomic E-state index is 13.5. The van der Waals surface area contributed by atoms with Crippen LogP contribution < -0.4 is 4.74 Å². The Morgan fingerprint density at radius 3 is 2.31 bits per heavy atom. The molecular weight excluding hydrogens is 414 g/mol. The van der Waals surface area contributed by atoms with E-state index in [0.717, 1.165) is 15.8 Å². The van der Waals surface area contributed by atoms with Crippen molar-refractivity contribution in [3.05, 3.63) is 53.7 Å². The van der Waals surface area contributed by atoms with E-state index in [2.05, 4.69) is 0 Å². The maximum Gasteiger partial charge on any atom is 0.236 e. The zero-order chi connectivity index (χ0) is 21.0. The van der Waals surface area contributed by atoms with Gasteiger partial charge in [0, 0.05) is 23.6 Å². The van der Waals surface area contributed by atoms with Gasteiger partial charge in [0.2, 0.25) is 19.9 Å². The monoisotopic (exact) mass is 435 g/mol. The molecule has 29 heavy (non-hydrogen) atoms. The van der Waals surface area contributed by atoms with Gasteiger partial charge >= 0.3 is 0 Å². The van der Waals surface area contributed by atoms with Crippen LogP contribution in [-0.4, -0.2) is 46.9 Å². The molecule has 9 heteroatoms. The molecule has 1 atom stereocenters. The molecule has 1 fully saturated rings. The topological polar surface area (TPSA) is 95.0 Å². The molecule has 154 valence electrons. The highest BCUT2D eigenvalue weighted by Gasteiger charge is 2.32. The van der Waals surface area contributed by atoms with Crippen LogP contribution in [0.25, 0.3) is 10.9 Å². The van der Waals surface area contributed by atoms with Crippen molar-refractivity contribution in [3.8, 4) is 5.75 Å². The lowest BCUT2D eigenvalue weighted by Crippen LogP contribution is -2.08. The molecule has 1 unspecified atom stereocenters. The lowest BCUT2D eigenvalue weighted by atomic mass is 10.0. The Hall–Kier alpha value is -2.36. The van der Waals surface area contributed by atoms with E-state index >= 15 is 0 Å². The molecule has 0 radical (unpaired) electrons. The number of hydrogen-bond donors (Lipinski definition) is 0. The van der Waals surface area contributed by atoms with E-state index in [9.17, 15) is 16.8 Å². The molecule has 1 saturated heterocycles. The van der Waals surface area contributed by atoms with Gasteiger partial charge in [0.1, 0.15) is 5.75 Å².